The number of hydrogen-bond donors (Lipinski definition) is 0. The summed E-state index contributed by atoms with van der Waals surface area (Å²) in [4.78, 5) is 14.1. The lowest BCUT2D eigenvalue weighted by atomic mass is 10.1. The Balaban J connectivity index is 3.11. The molecule has 0 saturated carbocycles. The fourth-order valence-corrected chi connectivity index (χ4v) is 2.21. The molecule has 0 N–H and O–H groups in total. The van der Waals surface area contributed by atoms with Crippen LogP contribution in [0.5, 0.6) is 0 Å². The van der Waals surface area contributed by atoms with Crippen molar-refractivity contribution >= 4 is 6.09 Å². The molecule has 2 unspecified atom stereocenters. The Labute approximate surface area is 121 Å². The molecule has 1 aliphatic heterocycles. The first-order valence-electron chi connectivity index (χ1n) is 6.84. The number of rotatable bonds is 2. The van der Waals surface area contributed by atoms with Crippen molar-refractivity contribution in [2.45, 2.75) is 52.3 Å². The van der Waals surface area contributed by atoms with Crippen LogP contribution in [0.25, 0.3) is 0 Å². The highest BCUT2D eigenvalue weighted by atomic mass is 16.6. The number of nitrogens with zero attached hydrogens (tertiary/aromatic N) is 1. The van der Waals surface area contributed by atoms with E-state index in [0.29, 0.717) is 12.4 Å². The van der Waals surface area contributed by atoms with Crippen LogP contribution < -0.4 is 0 Å². The summed E-state index contributed by atoms with van der Waals surface area (Å²) in [5, 5.41) is 0. The lowest BCUT2D eigenvalue weighted by Crippen LogP contribution is -2.48. The van der Waals surface area contributed by atoms with Gasteiger partial charge in [0.25, 0.3) is 0 Å². The topological polar surface area (TPSA) is 38.8 Å². The van der Waals surface area contributed by atoms with Crippen LogP contribution in [0.4, 0.5) is 4.79 Å². The molecule has 0 bridgehead atoms. The second-order valence-corrected chi connectivity index (χ2v) is 5.95. The summed E-state index contributed by atoms with van der Waals surface area (Å²) in [6.45, 7) is 17.4. The summed E-state index contributed by atoms with van der Waals surface area (Å²) in [6.07, 6.45) is 3.02. The number of amides is 1. The molecule has 1 amide bonds. The van der Waals surface area contributed by atoms with Crippen molar-refractivity contribution in [2.75, 3.05) is 6.61 Å². The molecular weight excluding hydrogens is 254 g/mol. The van der Waals surface area contributed by atoms with Crippen LogP contribution in [0.3, 0.4) is 0 Å². The van der Waals surface area contributed by atoms with E-state index in [1.165, 1.54) is 0 Å². The fourth-order valence-electron chi connectivity index (χ4n) is 2.21. The Bertz CT molecular complexity index is 431. The molecule has 0 radical (unpaired) electrons. The minimum absolute atomic E-state index is 0.0905. The number of allylic oxidation sites excluding steroid dienone is 1. The second-order valence-electron chi connectivity index (χ2n) is 5.95. The molecule has 0 saturated heterocycles. The molecule has 1 heterocycles. The molecule has 1 aliphatic rings. The molecule has 4 heteroatoms. The van der Waals surface area contributed by atoms with Crippen LogP contribution in [0.2, 0.25) is 0 Å². The van der Waals surface area contributed by atoms with Gasteiger partial charge in [-0.15, -0.1) is 0 Å². The average Bonchev–Trinajstić information content (AvgIpc) is 2.43. The monoisotopic (exact) mass is 279 g/mol. The summed E-state index contributed by atoms with van der Waals surface area (Å²) < 4.78 is 11.2. The highest BCUT2D eigenvalue weighted by Gasteiger charge is 2.34. The smallest absolute Gasteiger partial charge is 0.411 e. The zero-order valence-corrected chi connectivity index (χ0v) is 13.1. The molecule has 0 aromatic carbocycles. The first kappa shape index (κ1) is 16.3. The predicted octanol–water partition coefficient (Wildman–Crippen LogP) is 3.66. The van der Waals surface area contributed by atoms with E-state index in [1.807, 2.05) is 34.6 Å². The highest BCUT2D eigenvalue weighted by molar-refractivity contribution is 5.70. The summed E-state index contributed by atoms with van der Waals surface area (Å²) in [7, 11) is 0. The molecule has 20 heavy (non-hydrogen) atoms. The van der Waals surface area contributed by atoms with Gasteiger partial charge in [0, 0.05) is 5.57 Å². The van der Waals surface area contributed by atoms with Gasteiger partial charge >= 0.3 is 6.09 Å². The molecular formula is C16H25NO3. The Morgan fingerprint density at radius 2 is 1.95 bits per heavy atom. The largest absolute Gasteiger partial charge is 0.491 e. The van der Waals surface area contributed by atoms with Gasteiger partial charge in [0.2, 0.25) is 0 Å². The van der Waals surface area contributed by atoms with Crippen LogP contribution in [0, 0.1) is 0 Å². The van der Waals surface area contributed by atoms with Crippen LogP contribution >= 0.6 is 0 Å². The zero-order chi connectivity index (χ0) is 15.5. The van der Waals surface area contributed by atoms with Gasteiger partial charge in [-0.2, -0.15) is 0 Å². The third-order valence-electron chi connectivity index (χ3n) is 3.12. The molecule has 0 fully saturated rings. The van der Waals surface area contributed by atoms with E-state index in [4.69, 9.17) is 9.47 Å². The summed E-state index contributed by atoms with van der Waals surface area (Å²) in [6, 6.07) is -0.264. The van der Waals surface area contributed by atoms with Crippen molar-refractivity contribution in [1.29, 1.82) is 0 Å². The standard InChI is InChI=1S/C16H25NO3/c1-8-13-12(4)17(15(18)20-16(5,6)7)11(3)10-19-14(13)9-2/h8-9,11-12H,1-2,10H2,3-7H3. The van der Waals surface area contributed by atoms with Crippen molar-refractivity contribution < 1.29 is 14.3 Å². The Morgan fingerprint density at radius 3 is 2.40 bits per heavy atom. The molecule has 0 aromatic rings. The van der Waals surface area contributed by atoms with Crippen LogP contribution in [-0.4, -0.2) is 35.3 Å². The van der Waals surface area contributed by atoms with Crippen molar-refractivity contribution in [3.63, 3.8) is 0 Å². The Kier molecular flexibility index (Phi) is 5.03. The first-order valence-corrected chi connectivity index (χ1v) is 6.84. The second kappa shape index (κ2) is 6.16. The molecule has 4 nitrogen and oxygen atoms in total. The average molecular weight is 279 g/mol. The van der Waals surface area contributed by atoms with Gasteiger partial charge in [0.1, 0.15) is 18.0 Å². The van der Waals surface area contributed by atoms with Gasteiger partial charge in [-0.25, -0.2) is 4.79 Å². The SMILES string of the molecule is C=CC1=C(C=C)C(C)N(C(=O)OC(C)(C)C)C(C)CO1. The molecule has 0 spiro atoms. The van der Waals surface area contributed by atoms with Crippen molar-refractivity contribution in [1.82, 2.24) is 4.90 Å². The maximum Gasteiger partial charge on any atom is 0.411 e. The van der Waals surface area contributed by atoms with Gasteiger partial charge in [-0.3, -0.25) is 4.90 Å². The summed E-state index contributed by atoms with van der Waals surface area (Å²) in [5.74, 6) is 0.672. The number of ether oxygens (including phenoxy) is 2. The van der Waals surface area contributed by atoms with Gasteiger partial charge in [-0.05, 0) is 40.7 Å². The van der Waals surface area contributed by atoms with Crippen molar-refractivity contribution in [3.8, 4) is 0 Å². The van der Waals surface area contributed by atoms with E-state index >= 15 is 0 Å². The highest BCUT2D eigenvalue weighted by Crippen LogP contribution is 2.26. The Hall–Kier alpha value is -1.71. The van der Waals surface area contributed by atoms with Gasteiger partial charge in [0.05, 0.1) is 12.1 Å². The summed E-state index contributed by atoms with van der Waals surface area (Å²) >= 11 is 0. The zero-order valence-electron chi connectivity index (χ0n) is 13.1. The Morgan fingerprint density at radius 1 is 1.35 bits per heavy atom. The van der Waals surface area contributed by atoms with Gasteiger partial charge < -0.3 is 9.47 Å². The predicted molar refractivity (Wildman–Crippen MR) is 80.4 cm³/mol. The third kappa shape index (κ3) is 3.65. The lowest BCUT2D eigenvalue weighted by Gasteiger charge is -2.34. The fraction of sp³-hybridized carbons (Fsp3) is 0.562. The van der Waals surface area contributed by atoms with Crippen LogP contribution in [-0.2, 0) is 9.47 Å². The van der Waals surface area contributed by atoms with Crippen LogP contribution in [0.1, 0.15) is 34.6 Å². The van der Waals surface area contributed by atoms with Gasteiger partial charge in [0.15, 0.2) is 0 Å². The first-order chi connectivity index (χ1) is 9.21. The molecule has 0 aromatic heterocycles. The quantitative estimate of drug-likeness (QED) is 0.774. The van der Waals surface area contributed by atoms with E-state index in [-0.39, 0.29) is 18.2 Å². The van der Waals surface area contributed by atoms with Gasteiger partial charge in [-0.1, -0.05) is 19.2 Å². The maximum atomic E-state index is 12.4. The van der Waals surface area contributed by atoms with Crippen molar-refractivity contribution in [3.05, 3.63) is 36.6 Å². The lowest BCUT2D eigenvalue weighted by molar-refractivity contribution is 0.00771. The number of hydrogen-bond acceptors (Lipinski definition) is 3. The number of carbonyl (C=O) groups is 1. The molecule has 2 atom stereocenters. The molecule has 112 valence electrons. The minimum atomic E-state index is -0.525. The summed E-state index contributed by atoms with van der Waals surface area (Å²) in [5.41, 5.74) is 0.318. The minimum Gasteiger partial charge on any atom is -0.491 e. The van der Waals surface area contributed by atoms with E-state index in [9.17, 15) is 4.79 Å². The van der Waals surface area contributed by atoms with E-state index < -0.39 is 5.60 Å². The normalized spacial score (nSPS) is 23.8. The van der Waals surface area contributed by atoms with E-state index in [1.54, 1.807) is 17.1 Å². The molecule has 0 aliphatic carbocycles. The number of carbonyl (C=O) groups excluding carboxylic acids is 1. The van der Waals surface area contributed by atoms with E-state index in [2.05, 4.69) is 13.2 Å². The van der Waals surface area contributed by atoms with Crippen molar-refractivity contribution in [2.24, 2.45) is 0 Å². The maximum absolute atomic E-state index is 12.4. The van der Waals surface area contributed by atoms with E-state index in [0.717, 1.165) is 5.57 Å². The molecule has 1 rings (SSSR count). The third-order valence-corrected chi connectivity index (χ3v) is 3.12. The van der Waals surface area contributed by atoms with Crippen LogP contribution in [0.15, 0.2) is 36.6 Å².